The fraction of sp³-hybridized carbons (Fsp3) is 0.552. The van der Waals surface area contributed by atoms with Crippen LogP contribution < -0.4 is 16.4 Å². The fourth-order valence-corrected chi connectivity index (χ4v) is 4.25. The van der Waals surface area contributed by atoms with E-state index in [9.17, 15) is 19.2 Å². The highest BCUT2D eigenvalue weighted by molar-refractivity contribution is 7.98. The number of ketones is 2. The monoisotopic (exact) mass is 650 g/mol. The number of nitrogens with one attached hydrogen (secondary N) is 7. The van der Waals surface area contributed by atoms with Gasteiger partial charge >= 0.3 is 13.4 Å². The largest absolute Gasteiger partial charge is 0.348 e. The average molecular weight is 651 g/mol. The van der Waals surface area contributed by atoms with E-state index in [0.29, 0.717) is 56.6 Å². The fourth-order valence-electron chi connectivity index (χ4n) is 3.78. The van der Waals surface area contributed by atoms with E-state index in [1.54, 1.807) is 18.0 Å². The van der Waals surface area contributed by atoms with Gasteiger partial charge in [-0.1, -0.05) is 5.41 Å². The number of nitrogens with zero attached hydrogens (tertiary/aromatic N) is 3. The molecule has 0 aromatic carbocycles. The number of carbonyl (C=O) groups is 4. The molecule has 2 amide bonds. The molecule has 250 valence electrons. The number of aromatic nitrogens is 2. The van der Waals surface area contributed by atoms with Crippen molar-refractivity contribution in [2.75, 3.05) is 25.1 Å². The van der Waals surface area contributed by atoms with Gasteiger partial charge in [-0.2, -0.15) is 11.8 Å². The van der Waals surface area contributed by atoms with Crippen LogP contribution in [0.3, 0.4) is 0 Å². The van der Waals surface area contributed by atoms with Gasteiger partial charge in [0.15, 0.2) is 17.6 Å². The summed E-state index contributed by atoms with van der Waals surface area (Å²) in [5.41, 5.74) is 4.59. The molecule has 0 aliphatic carbocycles. The van der Waals surface area contributed by atoms with E-state index >= 15 is 0 Å². The van der Waals surface area contributed by atoms with Crippen LogP contribution in [0.4, 0.5) is 0 Å². The summed E-state index contributed by atoms with van der Waals surface area (Å²) in [5, 5.41) is 27.4. The SMILES string of the molecule is C=N.C=N.C=N.[CH+]=N.[CH+]=NCCCC(NC(=O)C([NH3+])CCCN=C)C(=O)CC(Cc1cnc[nH]1)C(=O)NC(CCSC)C(C)=O. The number of thioether (sulfide) groups is 1. The zero-order valence-electron chi connectivity index (χ0n) is 26.6. The van der Waals surface area contributed by atoms with Crippen molar-refractivity contribution in [3.8, 4) is 0 Å². The second kappa shape index (κ2) is 34.1. The predicted molar refractivity (Wildman–Crippen MR) is 184 cm³/mol. The van der Waals surface area contributed by atoms with Crippen LogP contribution in [0.1, 0.15) is 51.1 Å². The summed E-state index contributed by atoms with van der Waals surface area (Å²) in [6, 6.07) is -1.99. The third-order valence-electron chi connectivity index (χ3n) is 5.98. The van der Waals surface area contributed by atoms with Crippen LogP contribution in [-0.2, 0) is 25.6 Å². The van der Waals surface area contributed by atoms with Crippen molar-refractivity contribution in [3.05, 3.63) is 18.2 Å². The normalized spacial score (nSPS) is 11.9. The average Bonchev–Trinajstić information content (AvgIpc) is 3.59. The summed E-state index contributed by atoms with van der Waals surface area (Å²) < 4.78 is 0. The van der Waals surface area contributed by atoms with Crippen LogP contribution in [0.2, 0.25) is 0 Å². The Morgan fingerprint density at radius 1 is 1.00 bits per heavy atom. The second-order valence-corrected chi connectivity index (χ2v) is 9.98. The Morgan fingerprint density at radius 3 is 2.07 bits per heavy atom. The molecule has 0 aliphatic rings. The molecule has 0 saturated heterocycles. The molecule has 16 heteroatoms. The van der Waals surface area contributed by atoms with Gasteiger partial charge < -0.3 is 42.6 Å². The van der Waals surface area contributed by atoms with Gasteiger partial charge in [0, 0.05) is 37.7 Å². The first-order valence-electron chi connectivity index (χ1n) is 13.8. The Kier molecular flexibility index (Phi) is 36.1. The smallest absolute Gasteiger partial charge is 0.341 e. The first kappa shape index (κ1) is 47.6. The Morgan fingerprint density at radius 2 is 1.58 bits per heavy atom. The predicted octanol–water partition coefficient (Wildman–Crippen LogP) is 1.23. The van der Waals surface area contributed by atoms with Crippen LogP contribution in [0.5, 0.6) is 0 Å². The lowest BCUT2D eigenvalue weighted by atomic mass is 9.91. The lowest BCUT2D eigenvalue weighted by Gasteiger charge is -2.23. The Balaban J connectivity index is -0.000000967. The molecule has 0 radical (unpaired) electrons. The molecule has 0 fully saturated rings. The number of amides is 2. The number of rotatable bonds is 21. The molecule has 45 heavy (non-hydrogen) atoms. The van der Waals surface area contributed by atoms with Gasteiger partial charge in [0.05, 0.1) is 30.9 Å². The third-order valence-corrected chi connectivity index (χ3v) is 6.63. The van der Waals surface area contributed by atoms with Gasteiger partial charge in [-0.25, -0.2) is 4.98 Å². The highest BCUT2D eigenvalue weighted by Crippen LogP contribution is 2.16. The number of Topliss-reactive ketones (excluding diaryl/α,β-unsaturated/α-hetero) is 2. The molecule has 15 nitrogen and oxygen atoms in total. The third kappa shape index (κ3) is 23.7. The van der Waals surface area contributed by atoms with Crippen LogP contribution in [-0.4, -0.2) is 117 Å². The first-order chi connectivity index (χ1) is 21.7. The number of hydrogen-bond acceptors (Lipinski definition) is 12. The zero-order chi connectivity index (χ0) is 35.6. The Labute approximate surface area is 271 Å². The van der Waals surface area contributed by atoms with Crippen molar-refractivity contribution in [1.82, 2.24) is 20.6 Å². The van der Waals surface area contributed by atoms with Gasteiger partial charge in [-0.05, 0) is 76.5 Å². The molecule has 0 bridgehead atoms. The maximum Gasteiger partial charge on any atom is 0.341 e. The van der Waals surface area contributed by atoms with Gasteiger partial charge in [0.25, 0.3) is 5.91 Å². The van der Waals surface area contributed by atoms with Gasteiger partial charge in [0.2, 0.25) is 5.91 Å². The minimum absolute atomic E-state index is 0.120. The minimum Gasteiger partial charge on any atom is -0.348 e. The second-order valence-electron chi connectivity index (χ2n) is 9.00. The molecule has 4 atom stereocenters. The molecule has 1 aromatic rings. The summed E-state index contributed by atoms with van der Waals surface area (Å²) in [6.45, 7) is 22.2. The number of carbonyl (C=O) groups excluding carboxylic acids is 4. The summed E-state index contributed by atoms with van der Waals surface area (Å²) in [7, 11) is 0. The first-order valence-corrected chi connectivity index (χ1v) is 15.2. The van der Waals surface area contributed by atoms with E-state index in [2.05, 4.69) is 69.9 Å². The van der Waals surface area contributed by atoms with E-state index in [1.807, 2.05) is 6.26 Å². The molecule has 1 rings (SSSR count). The van der Waals surface area contributed by atoms with E-state index in [-0.39, 0.29) is 30.3 Å². The Hall–Kier alpha value is -4.36. The molecule has 1 aromatic heterocycles. The van der Waals surface area contributed by atoms with Crippen molar-refractivity contribution >= 4 is 75.4 Å². The standard InChI is InChI=1S/C25H39N7O4S.3CH3N.CH2N/c1-17(33)21(9-12-37-4)31-24(35)18(13-19-15-29-16-30-19)14-23(34)22(8-6-11-28-3)32-25(36)20(26)7-5-10-27-2;4*1-2/h3,15-16,18,20-22H,2,5-14,26H2,1,4H3,(H2-,29,30,31,32,35,36);3*2H,1H2;1-2H/q;;;;+1/p+2. The maximum absolute atomic E-state index is 13.4. The summed E-state index contributed by atoms with van der Waals surface area (Å²) in [5.74, 6) is -1.19. The van der Waals surface area contributed by atoms with Gasteiger partial charge in [0.1, 0.15) is 0 Å². The lowest BCUT2D eigenvalue weighted by Crippen LogP contribution is -2.68. The molecule has 4 unspecified atom stereocenters. The molecular formula is C29H52N11O4S+3. The number of aliphatic imine (C=N–C) groups is 2. The van der Waals surface area contributed by atoms with Crippen LogP contribution in [0.25, 0.3) is 0 Å². The minimum atomic E-state index is -0.812. The summed E-state index contributed by atoms with van der Waals surface area (Å²) >= 11 is 1.58. The highest BCUT2D eigenvalue weighted by atomic mass is 32.2. The summed E-state index contributed by atoms with van der Waals surface area (Å²) in [4.78, 5) is 65.8. The van der Waals surface area contributed by atoms with Crippen molar-refractivity contribution < 1.29 is 24.9 Å². The van der Waals surface area contributed by atoms with E-state index in [4.69, 9.17) is 28.4 Å². The van der Waals surface area contributed by atoms with Crippen molar-refractivity contribution in [1.29, 1.82) is 21.6 Å². The molecule has 0 saturated carbocycles. The molecule has 0 spiro atoms. The maximum atomic E-state index is 13.4. The van der Waals surface area contributed by atoms with E-state index in [1.165, 1.54) is 13.3 Å². The van der Waals surface area contributed by atoms with E-state index in [0.717, 1.165) is 0 Å². The number of hydrogen-bond donors (Lipinski definition) is 8. The van der Waals surface area contributed by atoms with Gasteiger partial charge in [-0.3, -0.25) is 19.2 Å². The Bertz CT molecular complexity index is 943. The van der Waals surface area contributed by atoms with Crippen molar-refractivity contribution in [3.63, 3.8) is 0 Å². The van der Waals surface area contributed by atoms with Crippen LogP contribution in [0, 0.1) is 27.6 Å². The molecule has 0 aliphatic heterocycles. The zero-order valence-corrected chi connectivity index (χ0v) is 27.4. The van der Waals surface area contributed by atoms with E-state index < -0.39 is 30.0 Å². The lowest BCUT2D eigenvalue weighted by molar-refractivity contribution is -0.405. The topological polar surface area (TPSA) is 269 Å². The number of imidazole rings is 1. The molecule has 10 N–H and O–H groups in total. The molecule has 1 heterocycles. The van der Waals surface area contributed by atoms with Crippen molar-refractivity contribution in [2.24, 2.45) is 15.9 Å². The van der Waals surface area contributed by atoms with Crippen molar-refractivity contribution in [2.45, 2.75) is 70.0 Å². The number of quaternary nitrogens is 1. The quantitative estimate of drug-likeness (QED) is 0.0550. The van der Waals surface area contributed by atoms with Crippen LogP contribution in [0.15, 0.2) is 22.5 Å². The number of aromatic amines is 1. The van der Waals surface area contributed by atoms with Crippen LogP contribution >= 0.6 is 11.8 Å². The summed E-state index contributed by atoms with van der Waals surface area (Å²) in [6.07, 6.45) is 7.63. The number of H-pyrrole nitrogens is 1. The van der Waals surface area contributed by atoms with Gasteiger partial charge in [-0.15, -0.1) is 0 Å². The highest BCUT2D eigenvalue weighted by Gasteiger charge is 2.31. The molecular weight excluding hydrogens is 598 g/mol.